The van der Waals surface area contributed by atoms with E-state index in [9.17, 15) is 8.42 Å². The third-order valence-electron chi connectivity index (χ3n) is 3.24. The van der Waals surface area contributed by atoms with Gasteiger partial charge in [-0.3, -0.25) is 0 Å². The lowest BCUT2D eigenvalue weighted by Crippen LogP contribution is -2.18. The largest absolute Gasteiger partial charge is 0.493 e. The molecule has 2 rings (SSSR count). The van der Waals surface area contributed by atoms with Crippen LogP contribution in [0.25, 0.3) is 0 Å². The summed E-state index contributed by atoms with van der Waals surface area (Å²) in [6, 6.07) is 9.17. The van der Waals surface area contributed by atoms with Crippen molar-refractivity contribution >= 4 is 39.4 Å². The molecule has 0 amide bonds. The lowest BCUT2D eigenvalue weighted by atomic mass is 10.2. The molecule has 0 bridgehead atoms. The summed E-state index contributed by atoms with van der Waals surface area (Å²) in [6.45, 7) is 2.54. The van der Waals surface area contributed by atoms with E-state index in [-0.39, 0.29) is 14.9 Å². The fraction of sp³-hybridized carbons (Fsp3) is 0.235. The summed E-state index contributed by atoms with van der Waals surface area (Å²) in [4.78, 5) is 2.09. The minimum absolute atomic E-state index is 0.0363. The summed E-state index contributed by atoms with van der Waals surface area (Å²) in [5, 5.41) is 4.20. The molecular weight excluding hydrogens is 399 g/mol. The van der Waals surface area contributed by atoms with Gasteiger partial charge in [0, 0.05) is 0 Å². The molecule has 140 valence electrons. The fourth-order valence-corrected chi connectivity index (χ4v) is 3.15. The van der Waals surface area contributed by atoms with Crippen molar-refractivity contribution in [3.8, 4) is 11.5 Å². The van der Waals surface area contributed by atoms with Gasteiger partial charge in [0.2, 0.25) is 0 Å². The van der Waals surface area contributed by atoms with Gasteiger partial charge in [0.05, 0.1) is 34.9 Å². The lowest BCUT2D eigenvalue weighted by Gasteiger charge is -2.10. The normalized spacial score (nSPS) is 11.5. The SMILES string of the molecule is CCCOc1cc(/C=N/NS(=O)(=O)c2ccc(Cl)c(Cl)c2)ccc1OC. The molecule has 0 atom stereocenters. The number of hydrogen-bond acceptors (Lipinski definition) is 5. The summed E-state index contributed by atoms with van der Waals surface area (Å²) >= 11 is 11.6. The second kappa shape index (κ2) is 9.12. The van der Waals surface area contributed by atoms with Crippen LogP contribution in [0.15, 0.2) is 46.4 Å². The van der Waals surface area contributed by atoms with Crippen molar-refractivity contribution in [2.75, 3.05) is 13.7 Å². The second-order valence-electron chi connectivity index (χ2n) is 5.19. The van der Waals surface area contributed by atoms with Gasteiger partial charge in [-0.1, -0.05) is 30.1 Å². The molecule has 0 radical (unpaired) electrons. The molecule has 0 aromatic heterocycles. The van der Waals surface area contributed by atoms with Gasteiger partial charge in [-0.25, -0.2) is 4.83 Å². The van der Waals surface area contributed by atoms with E-state index in [2.05, 4.69) is 9.93 Å². The molecule has 9 heteroatoms. The number of nitrogens with one attached hydrogen (secondary N) is 1. The van der Waals surface area contributed by atoms with Crippen molar-refractivity contribution in [1.82, 2.24) is 4.83 Å². The smallest absolute Gasteiger partial charge is 0.276 e. The standard InChI is InChI=1S/C17H18Cl2N2O4S/c1-3-8-25-17-9-12(4-7-16(17)24-2)11-20-21-26(22,23)13-5-6-14(18)15(19)10-13/h4-7,9-11,21H,3,8H2,1-2H3/b20-11+. The van der Waals surface area contributed by atoms with Crippen molar-refractivity contribution in [3.63, 3.8) is 0 Å². The topological polar surface area (TPSA) is 77.0 Å². The van der Waals surface area contributed by atoms with Crippen molar-refractivity contribution in [3.05, 3.63) is 52.0 Å². The maximum atomic E-state index is 12.2. The van der Waals surface area contributed by atoms with Crippen LogP contribution in [-0.2, 0) is 10.0 Å². The molecule has 0 saturated heterocycles. The lowest BCUT2D eigenvalue weighted by molar-refractivity contribution is 0.294. The van der Waals surface area contributed by atoms with Gasteiger partial charge < -0.3 is 9.47 Å². The van der Waals surface area contributed by atoms with E-state index in [0.29, 0.717) is 23.7 Å². The summed E-state index contributed by atoms with van der Waals surface area (Å²) in [6.07, 6.45) is 2.22. The first-order chi connectivity index (χ1) is 12.4. The summed E-state index contributed by atoms with van der Waals surface area (Å²) in [5.41, 5.74) is 0.647. The van der Waals surface area contributed by atoms with Gasteiger partial charge in [0.15, 0.2) is 11.5 Å². The Morgan fingerprint density at radius 2 is 1.88 bits per heavy atom. The zero-order valence-electron chi connectivity index (χ0n) is 14.2. The second-order valence-corrected chi connectivity index (χ2v) is 7.66. The van der Waals surface area contributed by atoms with Crippen LogP contribution in [0, 0.1) is 0 Å². The number of ether oxygens (including phenoxy) is 2. The Kier molecular flexibility index (Phi) is 7.14. The van der Waals surface area contributed by atoms with Gasteiger partial charge >= 0.3 is 0 Å². The molecule has 1 N–H and O–H groups in total. The fourth-order valence-electron chi connectivity index (χ4n) is 1.97. The molecule has 0 heterocycles. The Bertz CT molecular complexity index is 902. The van der Waals surface area contributed by atoms with E-state index in [0.717, 1.165) is 6.42 Å². The Balaban J connectivity index is 2.15. The molecule has 2 aromatic carbocycles. The number of hydrazone groups is 1. The van der Waals surface area contributed by atoms with Crippen LogP contribution >= 0.6 is 23.2 Å². The molecule has 0 saturated carbocycles. The highest BCUT2D eigenvalue weighted by molar-refractivity contribution is 7.89. The highest BCUT2D eigenvalue weighted by Crippen LogP contribution is 2.28. The van der Waals surface area contributed by atoms with Crippen molar-refractivity contribution in [2.45, 2.75) is 18.2 Å². The first kappa shape index (κ1) is 20.4. The summed E-state index contributed by atoms with van der Waals surface area (Å²) < 4.78 is 35.3. The molecule has 0 aliphatic rings. The zero-order chi connectivity index (χ0) is 19.2. The quantitative estimate of drug-likeness (QED) is 0.518. The highest BCUT2D eigenvalue weighted by Gasteiger charge is 2.14. The predicted molar refractivity (Wildman–Crippen MR) is 103 cm³/mol. The maximum Gasteiger partial charge on any atom is 0.276 e. The molecule has 2 aromatic rings. The summed E-state index contributed by atoms with van der Waals surface area (Å²) in [7, 11) is -2.30. The van der Waals surface area contributed by atoms with E-state index in [1.165, 1.54) is 24.4 Å². The average molecular weight is 417 g/mol. The van der Waals surface area contributed by atoms with Gasteiger partial charge in [-0.15, -0.1) is 0 Å². The maximum absolute atomic E-state index is 12.2. The molecule has 0 aliphatic heterocycles. The van der Waals surface area contributed by atoms with Crippen LogP contribution in [0.4, 0.5) is 0 Å². The van der Waals surface area contributed by atoms with Gasteiger partial charge in [-0.2, -0.15) is 13.5 Å². The average Bonchev–Trinajstić information content (AvgIpc) is 2.62. The van der Waals surface area contributed by atoms with Crippen LogP contribution in [0.2, 0.25) is 10.0 Å². The van der Waals surface area contributed by atoms with Crippen LogP contribution in [0.1, 0.15) is 18.9 Å². The van der Waals surface area contributed by atoms with E-state index in [4.69, 9.17) is 32.7 Å². The van der Waals surface area contributed by atoms with Crippen LogP contribution in [-0.4, -0.2) is 28.3 Å². The van der Waals surface area contributed by atoms with Gasteiger partial charge in [-0.05, 0) is 48.4 Å². The Labute approximate surface area is 162 Å². The highest BCUT2D eigenvalue weighted by atomic mass is 35.5. The Morgan fingerprint density at radius 1 is 1.12 bits per heavy atom. The number of sulfonamides is 1. The van der Waals surface area contributed by atoms with Crippen LogP contribution < -0.4 is 14.3 Å². The van der Waals surface area contributed by atoms with Crippen molar-refractivity contribution in [2.24, 2.45) is 5.10 Å². The molecule has 0 fully saturated rings. The Hall–Kier alpha value is -1.96. The zero-order valence-corrected chi connectivity index (χ0v) is 16.5. The molecule has 0 unspecified atom stereocenters. The van der Waals surface area contributed by atoms with Crippen molar-refractivity contribution in [1.29, 1.82) is 0 Å². The van der Waals surface area contributed by atoms with E-state index in [1.54, 1.807) is 25.3 Å². The third-order valence-corrected chi connectivity index (χ3v) is 5.20. The molecule has 0 aliphatic carbocycles. The van der Waals surface area contributed by atoms with Gasteiger partial charge in [0.25, 0.3) is 10.0 Å². The number of rotatable bonds is 8. The molecule has 0 spiro atoms. The minimum atomic E-state index is -3.85. The first-order valence-electron chi connectivity index (χ1n) is 7.68. The molecular formula is C17H18Cl2N2O4S. The number of halogens is 2. The van der Waals surface area contributed by atoms with Crippen LogP contribution in [0.3, 0.4) is 0 Å². The van der Waals surface area contributed by atoms with Gasteiger partial charge in [0.1, 0.15) is 0 Å². The predicted octanol–water partition coefficient (Wildman–Crippen LogP) is 4.10. The number of benzene rings is 2. The molecule has 6 nitrogen and oxygen atoms in total. The number of hydrogen-bond donors (Lipinski definition) is 1. The van der Waals surface area contributed by atoms with E-state index < -0.39 is 10.0 Å². The first-order valence-corrected chi connectivity index (χ1v) is 9.92. The number of methoxy groups -OCH3 is 1. The van der Waals surface area contributed by atoms with Crippen LogP contribution in [0.5, 0.6) is 11.5 Å². The Morgan fingerprint density at radius 3 is 2.54 bits per heavy atom. The monoisotopic (exact) mass is 416 g/mol. The van der Waals surface area contributed by atoms with E-state index in [1.807, 2.05) is 6.92 Å². The van der Waals surface area contributed by atoms with Crippen molar-refractivity contribution < 1.29 is 17.9 Å². The third kappa shape index (κ3) is 5.27. The minimum Gasteiger partial charge on any atom is -0.493 e. The number of nitrogens with zero attached hydrogens (tertiary/aromatic N) is 1. The summed E-state index contributed by atoms with van der Waals surface area (Å²) in [5.74, 6) is 1.15. The van der Waals surface area contributed by atoms with E-state index >= 15 is 0 Å². The molecule has 26 heavy (non-hydrogen) atoms.